The summed E-state index contributed by atoms with van der Waals surface area (Å²) in [5, 5.41) is 3.39. The van der Waals surface area contributed by atoms with Crippen molar-refractivity contribution < 1.29 is 9.47 Å². The molecule has 106 valence electrons. The lowest BCUT2D eigenvalue weighted by atomic mass is 10.1. The van der Waals surface area contributed by atoms with Crippen LogP contribution >= 0.6 is 0 Å². The molecular formula is C16H20N2O2. The Kier molecular flexibility index (Phi) is 4.96. The smallest absolute Gasteiger partial charge is 0.165 e. The van der Waals surface area contributed by atoms with E-state index in [4.69, 9.17) is 9.47 Å². The molecule has 0 aliphatic carbocycles. The fourth-order valence-electron chi connectivity index (χ4n) is 2.11. The van der Waals surface area contributed by atoms with Gasteiger partial charge in [-0.2, -0.15) is 0 Å². The zero-order chi connectivity index (χ0) is 14.4. The summed E-state index contributed by atoms with van der Waals surface area (Å²) in [7, 11) is 3.30. The summed E-state index contributed by atoms with van der Waals surface area (Å²) in [5.41, 5.74) is 3.33. The van der Waals surface area contributed by atoms with E-state index in [1.165, 1.54) is 5.56 Å². The van der Waals surface area contributed by atoms with E-state index in [9.17, 15) is 0 Å². The number of pyridine rings is 1. The molecule has 0 aliphatic heterocycles. The third-order valence-corrected chi connectivity index (χ3v) is 3.21. The van der Waals surface area contributed by atoms with Crippen molar-refractivity contribution in [2.24, 2.45) is 0 Å². The number of ether oxygens (including phenoxy) is 2. The predicted octanol–water partition coefficient (Wildman–Crippen LogP) is 2.70. The first kappa shape index (κ1) is 14.3. The van der Waals surface area contributed by atoms with Crippen molar-refractivity contribution in [3.8, 4) is 11.5 Å². The van der Waals surface area contributed by atoms with E-state index in [1.54, 1.807) is 14.2 Å². The number of aryl methyl sites for hydroxylation is 1. The number of aromatic nitrogens is 1. The second-order valence-corrected chi connectivity index (χ2v) is 4.52. The largest absolute Gasteiger partial charge is 0.493 e. The van der Waals surface area contributed by atoms with Gasteiger partial charge in [0, 0.05) is 24.8 Å². The third kappa shape index (κ3) is 3.27. The number of rotatable bonds is 6. The van der Waals surface area contributed by atoms with Crippen LogP contribution in [0.25, 0.3) is 0 Å². The first-order valence-electron chi connectivity index (χ1n) is 6.57. The number of para-hydroxylation sites is 1. The fraction of sp³-hybridized carbons (Fsp3) is 0.312. The Labute approximate surface area is 119 Å². The van der Waals surface area contributed by atoms with Crippen LogP contribution in [0.2, 0.25) is 0 Å². The Morgan fingerprint density at radius 3 is 2.60 bits per heavy atom. The van der Waals surface area contributed by atoms with E-state index in [2.05, 4.69) is 23.3 Å². The quantitative estimate of drug-likeness (QED) is 0.878. The summed E-state index contributed by atoms with van der Waals surface area (Å²) >= 11 is 0. The van der Waals surface area contributed by atoms with Gasteiger partial charge in [0.05, 0.1) is 19.9 Å². The van der Waals surface area contributed by atoms with Crippen molar-refractivity contribution >= 4 is 0 Å². The van der Waals surface area contributed by atoms with Crippen molar-refractivity contribution in [3.05, 3.63) is 53.3 Å². The molecule has 0 atom stereocenters. The molecule has 2 aromatic rings. The fourth-order valence-corrected chi connectivity index (χ4v) is 2.11. The van der Waals surface area contributed by atoms with Crippen LogP contribution in [0.15, 0.2) is 36.5 Å². The first-order valence-corrected chi connectivity index (χ1v) is 6.57. The number of hydrogen-bond acceptors (Lipinski definition) is 4. The average molecular weight is 272 g/mol. The number of hydrogen-bond donors (Lipinski definition) is 1. The SMILES string of the molecule is COc1cccc(CNCc2ncccc2C)c1OC. The van der Waals surface area contributed by atoms with Crippen LogP contribution < -0.4 is 14.8 Å². The summed E-state index contributed by atoms with van der Waals surface area (Å²) in [6.45, 7) is 3.50. The molecule has 0 aliphatic rings. The Morgan fingerprint density at radius 2 is 1.90 bits per heavy atom. The molecule has 2 rings (SSSR count). The molecule has 0 spiro atoms. The predicted molar refractivity (Wildman–Crippen MR) is 79.1 cm³/mol. The molecule has 4 heteroatoms. The van der Waals surface area contributed by atoms with Crippen LogP contribution in [0.1, 0.15) is 16.8 Å². The van der Waals surface area contributed by atoms with Crippen molar-refractivity contribution in [1.82, 2.24) is 10.3 Å². The lowest BCUT2D eigenvalue weighted by Crippen LogP contribution is -2.15. The molecule has 0 saturated heterocycles. The standard InChI is InChI=1S/C16H20N2O2/c1-12-6-5-9-18-14(12)11-17-10-13-7-4-8-15(19-2)16(13)20-3/h4-9,17H,10-11H2,1-3H3. The lowest BCUT2D eigenvalue weighted by molar-refractivity contribution is 0.350. The van der Waals surface area contributed by atoms with E-state index >= 15 is 0 Å². The summed E-state index contributed by atoms with van der Waals surface area (Å²) in [6.07, 6.45) is 1.82. The summed E-state index contributed by atoms with van der Waals surface area (Å²) < 4.78 is 10.7. The number of nitrogens with one attached hydrogen (secondary N) is 1. The Balaban J connectivity index is 2.03. The van der Waals surface area contributed by atoms with E-state index in [-0.39, 0.29) is 0 Å². The number of methoxy groups -OCH3 is 2. The van der Waals surface area contributed by atoms with Crippen molar-refractivity contribution in [1.29, 1.82) is 0 Å². The van der Waals surface area contributed by atoms with Gasteiger partial charge in [0.2, 0.25) is 0 Å². The minimum absolute atomic E-state index is 0.705. The highest BCUT2D eigenvalue weighted by Gasteiger charge is 2.09. The van der Waals surface area contributed by atoms with Gasteiger partial charge >= 0.3 is 0 Å². The molecule has 0 unspecified atom stereocenters. The highest BCUT2D eigenvalue weighted by Crippen LogP contribution is 2.30. The highest BCUT2D eigenvalue weighted by molar-refractivity contribution is 5.46. The normalized spacial score (nSPS) is 10.3. The minimum Gasteiger partial charge on any atom is -0.493 e. The van der Waals surface area contributed by atoms with Gasteiger partial charge in [-0.15, -0.1) is 0 Å². The van der Waals surface area contributed by atoms with Crippen LogP contribution in [-0.2, 0) is 13.1 Å². The van der Waals surface area contributed by atoms with Gasteiger partial charge in [-0.3, -0.25) is 4.98 Å². The van der Waals surface area contributed by atoms with Crippen molar-refractivity contribution in [2.45, 2.75) is 20.0 Å². The molecule has 0 fully saturated rings. The maximum absolute atomic E-state index is 5.41. The Bertz CT molecular complexity index is 570. The number of benzene rings is 1. The molecule has 1 aromatic heterocycles. The molecule has 1 N–H and O–H groups in total. The zero-order valence-electron chi connectivity index (χ0n) is 12.1. The minimum atomic E-state index is 0.705. The van der Waals surface area contributed by atoms with Crippen LogP contribution in [0.3, 0.4) is 0 Å². The topological polar surface area (TPSA) is 43.4 Å². The van der Waals surface area contributed by atoms with Gasteiger partial charge in [-0.05, 0) is 24.6 Å². The van der Waals surface area contributed by atoms with Gasteiger partial charge < -0.3 is 14.8 Å². The lowest BCUT2D eigenvalue weighted by Gasteiger charge is -2.13. The maximum Gasteiger partial charge on any atom is 0.165 e. The second-order valence-electron chi connectivity index (χ2n) is 4.52. The second kappa shape index (κ2) is 6.91. The van der Waals surface area contributed by atoms with Gasteiger partial charge in [0.1, 0.15) is 0 Å². The van der Waals surface area contributed by atoms with Gasteiger partial charge in [-0.25, -0.2) is 0 Å². The van der Waals surface area contributed by atoms with Crippen LogP contribution in [0.4, 0.5) is 0 Å². The third-order valence-electron chi connectivity index (χ3n) is 3.21. The molecule has 0 amide bonds. The van der Waals surface area contributed by atoms with Crippen LogP contribution in [-0.4, -0.2) is 19.2 Å². The molecule has 0 radical (unpaired) electrons. The van der Waals surface area contributed by atoms with Crippen molar-refractivity contribution in [3.63, 3.8) is 0 Å². The van der Waals surface area contributed by atoms with E-state index in [1.807, 2.05) is 30.5 Å². The molecule has 0 bridgehead atoms. The molecule has 20 heavy (non-hydrogen) atoms. The maximum atomic E-state index is 5.41. The summed E-state index contributed by atoms with van der Waals surface area (Å²) in [6, 6.07) is 9.90. The molecule has 1 heterocycles. The van der Waals surface area contributed by atoms with Gasteiger partial charge in [0.15, 0.2) is 11.5 Å². The average Bonchev–Trinajstić information content (AvgIpc) is 2.48. The summed E-state index contributed by atoms with van der Waals surface area (Å²) in [4.78, 5) is 4.37. The molecule has 1 aromatic carbocycles. The van der Waals surface area contributed by atoms with E-state index < -0.39 is 0 Å². The van der Waals surface area contributed by atoms with E-state index in [0.29, 0.717) is 6.54 Å². The summed E-state index contributed by atoms with van der Waals surface area (Å²) in [5.74, 6) is 1.53. The monoisotopic (exact) mass is 272 g/mol. The van der Waals surface area contributed by atoms with Gasteiger partial charge in [0.25, 0.3) is 0 Å². The molecule has 0 saturated carbocycles. The molecular weight excluding hydrogens is 252 g/mol. The zero-order valence-corrected chi connectivity index (χ0v) is 12.1. The van der Waals surface area contributed by atoms with Crippen LogP contribution in [0.5, 0.6) is 11.5 Å². The van der Waals surface area contributed by atoms with E-state index in [0.717, 1.165) is 29.3 Å². The highest BCUT2D eigenvalue weighted by atomic mass is 16.5. The van der Waals surface area contributed by atoms with Crippen molar-refractivity contribution in [2.75, 3.05) is 14.2 Å². The van der Waals surface area contributed by atoms with Gasteiger partial charge in [-0.1, -0.05) is 18.2 Å². The Morgan fingerprint density at radius 1 is 1.05 bits per heavy atom. The van der Waals surface area contributed by atoms with Crippen LogP contribution in [0, 0.1) is 6.92 Å². The molecule has 4 nitrogen and oxygen atoms in total. The Hall–Kier alpha value is -2.07. The number of nitrogens with zero attached hydrogens (tertiary/aromatic N) is 1. The first-order chi connectivity index (χ1) is 9.76.